The van der Waals surface area contributed by atoms with Crippen LogP contribution in [0.25, 0.3) is 0 Å². The van der Waals surface area contributed by atoms with E-state index in [1.54, 1.807) is 11.9 Å². The van der Waals surface area contributed by atoms with Crippen LogP contribution in [0.1, 0.15) is 47.2 Å². The zero-order valence-corrected chi connectivity index (χ0v) is 22.7. The molecule has 3 atom stereocenters. The number of likely N-dealkylation sites (N-methyl/N-ethyl adjacent to an activating group) is 1. The van der Waals surface area contributed by atoms with Crippen LogP contribution in [0, 0.1) is 12.8 Å². The molecule has 3 unspecified atom stereocenters. The summed E-state index contributed by atoms with van der Waals surface area (Å²) in [6, 6.07) is 5.35. The van der Waals surface area contributed by atoms with Crippen LogP contribution in [-0.4, -0.2) is 66.7 Å². The van der Waals surface area contributed by atoms with Crippen molar-refractivity contribution >= 4 is 25.7 Å². The third kappa shape index (κ3) is 8.43. The predicted octanol–water partition coefficient (Wildman–Crippen LogP) is 4.80. The highest BCUT2D eigenvalue weighted by Gasteiger charge is 2.33. The van der Waals surface area contributed by atoms with Gasteiger partial charge in [-0.05, 0) is 49.0 Å². The molecule has 6 heteroatoms. The monoisotopic (exact) mass is 507 g/mol. The van der Waals surface area contributed by atoms with Crippen LogP contribution in [-0.2, 0) is 11.2 Å². The average Bonchev–Trinajstić information content (AvgIpc) is 3.33. The van der Waals surface area contributed by atoms with Gasteiger partial charge in [0.25, 0.3) is 5.91 Å². The predicted molar refractivity (Wildman–Crippen MR) is 152 cm³/mol. The van der Waals surface area contributed by atoms with E-state index in [-0.39, 0.29) is 30.2 Å². The fourth-order valence-electron chi connectivity index (χ4n) is 5.01. The molecular weight excluding hydrogens is 467 g/mol. The van der Waals surface area contributed by atoms with E-state index in [1.165, 1.54) is 0 Å². The second kappa shape index (κ2) is 13.5. The molecular formula is C30H40N2O3P+. The molecule has 0 saturated heterocycles. The van der Waals surface area contributed by atoms with E-state index in [2.05, 4.69) is 18.3 Å². The maximum absolute atomic E-state index is 13.2. The third-order valence-corrected chi connectivity index (χ3v) is 7.75. The van der Waals surface area contributed by atoms with Gasteiger partial charge in [-0.25, -0.2) is 0 Å². The maximum Gasteiger partial charge on any atom is 0.253 e. The lowest BCUT2D eigenvalue weighted by atomic mass is 9.95. The molecule has 0 radical (unpaired) electrons. The van der Waals surface area contributed by atoms with E-state index in [1.807, 2.05) is 67.7 Å². The number of carbonyl (C=O) groups excluding carboxylic acids is 2. The first-order chi connectivity index (χ1) is 17.2. The Morgan fingerprint density at radius 1 is 1.14 bits per heavy atom. The number of nitrogens with one attached hydrogen (secondary N) is 1. The number of aliphatic hydroxyl groups excluding tert-OH is 1. The van der Waals surface area contributed by atoms with Gasteiger partial charge in [0.15, 0.2) is 0 Å². The smallest absolute Gasteiger partial charge is 0.253 e. The summed E-state index contributed by atoms with van der Waals surface area (Å²) in [4.78, 5) is 27.9. The van der Waals surface area contributed by atoms with E-state index in [9.17, 15) is 14.7 Å². The SMILES string of the molecule is C=[P+](C)CC(NC(=O)Cc1cc(C)cc(C(=O)N(C)CC2=CC=CC=CC=C2)c1)C(O)C1CCCC1. The minimum Gasteiger partial charge on any atom is -0.391 e. The Morgan fingerprint density at radius 2 is 1.83 bits per heavy atom. The van der Waals surface area contributed by atoms with Crippen molar-refractivity contribution in [3.8, 4) is 0 Å². The average molecular weight is 508 g/mol. The molecule has 2 amide bonds. The van der Waals surface area contributed by atoms with Crippen LogP contribution in [0.3, 0.4) is 0 Å². The highest BCUT2D eigenvalue weighted by atomic mass is 31.1. The minimum absolute atomic E-state index is 0.0838. The molecule has 1 aromatic rings. The maximum atomic E-state index is 13.2. The Labute approximate surface area is 217 Å². The summed E-state index contributed by atoms with van der Waals surface area (Å²) in [5.74, 6) is 0.0358. The van der Waals surface area contributed by atoms with Crippen LogP contribution in [0.15, 0.2) is 66.3 Å². The molecule has 0 aliphatic heterocycles. The first-order valence-corrected chi connectivity index (χ1v) is 14.9. The summed E-state index contributed by atoms with van der Waals surface area (Å²) in [5.41, 5.74) is 3.34. The van der Waals surface area contributed by atoms with Gasteiger partial charge >= 0.3 is 0 Å². The van der Waals surface area contributed by atoms with Gasteiger partial charge in [0.05, 0.1) is 39.1 Å². The highest BCUT2D eigenvalue weighted by molar-refractivity contribution is 7.55. The molecule has 192 valence electrons. The summed E-state index contributed by atoms with van der Waals surface area (Å²) in [7, 11) is 1.29. The topological polar surface area (TPSA) is 69.6 Å². The molecule has 2 aliphatic carbocycles. The molecule has 1 saturated carbocycles. The second-order valence-corrected chi connectivity index (χ2v) is 12.2. The summed E-state index contributed by atoms with van der Waals surface area (Å²) < 4.78 is 0. The van der Waals surface area contributed by atoms with Crippen molar-refractivity contribution in [3.63, 3.8) is 0 Å². The molecule has 3 rings (SSSR count). The number of nitrogens with zero attached hydrogens (tertiary/aromatic N) is 1. The Morgan fingerprint density at radius 3 is 2.56 bits per heavy atom. The van der Waals surface area contributed by atoms with Gasteiger partial charge in [0.1, 0.15) is 6.16 Å². The first-order valence-electron chi connectivity index (χ1n) is 12.8. The Kier molecular flexibility index (Phi) is 10.5. The quantitative estimate of drug-likeness (QED) is 0.447. The Hall–Kier alpha value is -2.75. The van der Waals surface area contributed by atoms with E-state index < -0.39 is 13.6 Å². The number of aliphatic hydroxyl groups is 1. The minimum atomic E-state index is -0.534. The summed E-state index contributed by atoms with van der Waals surface area (Å²) >= 11 is 0. The molecule has 36 heavy (non-hydrogen) atoms. The Bertz CT molecular complexity index is 1080. The number of allylic oxidation sites excluding steroid dienone is 6. The van der Waals surface area contributed by atoms with E-state index in [4.69, 9.17) is 0 Å². The van der Waals surface area contributed by atoms with Crippen molar-refractivity contribution in [2.24, 2.45) is 5.92 Å². The van der Waals surface area contributed by atoms with E-state index >= 15 is 0 Å². The van der Waals surface area contributed by atoms with Gasteiger partial charge in [-0.15, -0.1) is 0 Å². The van der Waals surface area contributed by atoms with Crippen molar-refractivity contribution < 1.29 is 14.7 Å². The largest absolute Gasteiger partial charge is 0.391 e. The highest BCUT2D eigenvalue weighted by Crippen LogP contribution is 2.31. The second-order valence-electron chi connectivity index (χ2n) is 10.2. The molecule has 0 heterocycles. The summed E-state index contributed by atoms with van der Waals surface area (Å²) in [6.45, 7) is 4.50. The molecule has 0 aromatic heterocycles. The third-order valence-electron chi connectivity index (χ3n) is 6.73. The van der Waals surface area contributed by atoms with Crippen molar-refractivity contribution in [3.05, 3.63) is 83.0 Å². The van der Waals surface area contributed by atoms with Gasteiger partial charge in [0.2, 0.25) is 5.91 Å². The fraction of sp³-hybridized carbons (Fsp3) is 0.433. The first kappa shape index (κ1) is 27.8. The zero-order valence-electron chi connectivity index (χ0n) is 21.8. The number of amides is 2. The van der Waals surface area contributed by atoms with Crippen molar-refractivity contribution in [1.82, 2.24) is 10.2 Å². The van der Waals surface area contributed by atoms with Crippen LogP contribution >= 0.6 is 7.55 Å². The number of hydrogen-bond acceptors (Lipinski definition) is 3. The number of carbonyl (C=O) groups is 2. The van der Waals surface area contributed by atoms with Gasteiger partial charge in [-0.1, -0.05) is 67.0 Å². The molecule has 2 N–H and O–H groups in total. The van der Waals surface area contributed by atoms with E-state index in [0.717, 1.165) is 42.4 Å². The van der Waals surface area contributed by atoms with E-state index in [0.29, 0.717) is 18.3 Å². The fourth-order valence-corrected chi connectivity index (χ4v) is 5.99. The normalized spacial score (nSPS) is 17.7. The lowest BCUT2D eigenvalue weighted by Crippen LogP contribution is -2.48. The number of hydrogen-bond donors (Lipinski definition) is 2. The zero-order chi connectivity index (χ0) is 26.1. The molecule has 2 aliphatic rings. The lowest BCUT2D eigenvalue weighted by Gasteiger charge is -2.26. The van der Waals surface area contributed by atoms with Gasteiger partial charge in [-0.2, -0.15) is 0 Å². The molecule has 5 nitrogen and oxygen atoms in total. The van der Waals surface area contributed by atoms with Crippen LogP contribution in [0.5, 0.6) is 0 Å². The van der Waals surface area contributed by atoms with Crippen molar-refractivity contribution in [2.45, 2.75) is 51.2 Å². The Balaban J connectivity index is 1.67. The van der Waals surface area contributed by atoms with Crippen LogP contribution < -0.4 is 5.32 Å². The standard InChI is InChI=1S/C30H39N2O3P/c1-22-16-24(19-28(33)31-27(21-36(3)4)29(34)25-14-10-11-15-25)18-26(17-22)30(35)32(2)20-23-12-8-6-5-7-9-13-23/h5-9,12-13,16-18,25,27,29,34H,3,10-11,14-15,19-21H2,1-2,4H3/p+1. The van der Waals surface area contributed by atoms with Crippen molar-refractivity contribution in [1.29, 1.82) is 0 Å². The molecule has 1 fully saturated rings. The molecule has 0 bridgehead atoms. The molecule has 1 aromatic carbocycles. The van der Waals surface area contributed by atoms with Crippen molar-refractivity contribution in [2.75, 3.05) is 26.4 Å². The van der Waals surface area contributed by atoms with Crippen LogP contribution in [0.2, 0.25) is 0 Å². The molecule has 0 spiro atoms. The number of benzene rings is 1. The number of rotatable bonds is 10. The van der Waals surface area contributed by atoms with Gasteiger partial charge in [0, 0.05) is 19.2 Å². The number of aryl methyl sites for hydroxylation is 1. The summed E-state index contributed by atoms with van der Waals surface area (Å²) in [6.07, 6.45) is 22.6. The summed E-state index contributed by atoms with van der Waals surface area (Å²) in [5, 5.41) is 14.1. The van der Waals surface area contributed by atoms with Gasteiger partial charge in [-0.3, -0.25) is 9.59 Å². The lowest BCUT2D eigenvalue weighted by molar-refractivity contribution is -0.122. The van der Waals surface area contributed by atoms with Crippen LogP contribution in [0.4, 0.5) is 0 Å². The van der Waals surface area contributed by atoms with Gasteiger partial charge < -0.3 is 15.3 Å².